The summed E-state index contributed by atoms with van der Waals surface area (Å²) in [5.41, 5.74) is -0.188. The Hall–Kier alpha value is -1.43. The van der Waals surface area contributed by atoms with Gasteiger partial charge in [0, 0.05) is 25.3 Å². The molecule has 1 amide bonds. The lowest BCUT2D eigenvalue weighted by Crippen LogP contribution is -2.42. The van der Waals surface area contributed by atoms with Crippen LogP contribution in [0.2, 0.25) is 0 Å². The summed E-state index contributed by atoms with van der Waals surface area (Å²) in [7, 11) is 0. The lowest BCUT2D eigenvalue weighted by molar-refractivity contribution is -0.135. The van der Waals surface area contributed by atoms with Crippen molar-refractivity contribution < 1.29 is 9.53 Å². The largest absolute Gasteiger partial charge is 0.376 e. The number of nitrogens with one attached hydrogen (secondary N) is 1. The number of carbonyl (C=O) groups excluding carboxylic acids is 1. The molecule has 6 heteroatoms. The maximum Gasteiger partial charge on any atom is 0.223 e. The molecule has 1 aliphatic heterocycles. The summed E-state index contributed by atoms with van der Waals surface area (Å²) in [6.45, 7) is 5.95. The molecular weight excluding hydrogens is 232 g/mol. The van der Waals surface area contributed by atoms with Gasteiger partial charge >= 0.3 is 0 Å². The Bertz CT molecular complexity index is 389. The average molecular weight is 252 g/mol. The second-order valence-electron chi connectivity index (χ2n) is 5.26. The minimum Gasteiger partial charge on any atom is -0.376 e. The zero-order valence-electron chi connectivity index (χ0n) is 10.9. The predicted octanol–water partition coefficient (Wildman–Crippen LogP) is 0.599. The van der Waals surface area contributed by atoms with Gasteiger partial charge in [-0.3, -0.25) is 9.48 Å². The molecule has 0 aliphatic carbocycles. The first-order chi connectivity index (χ1) is 8.57. The highest BCUT2D eigenvalue weighted by Gasteiger charge is 2.32. The normalized spacial score (nSPS) is 22.7. The van der Waals surface area contributed by atoms with Crippen LogP contribution in [0.3, 0.4) is 0 Å². The van der Waals surface area contributed by atoms with Crippen LogP contribution < -0.4 is 5.32 Å². The van der Waals surface area contributed by atoms with Crippen LogP contribution >= 0.6 is 0 Å². The molecule has 18 heavy (non-hydrogen) atoms. The molecule has 1 N–H and O–H groups in total. The first-order valence-electron chi connectivity index (χ1n) is 6.33. The Morgan fingerprint density at radius 1 is 1.61 bits per heavy atom. The smallest absolute Gasteiger partial charge is 0.223 e. The molecular formula is C12H20N4O2. The highest BCUT2D eigenvalue weighted by molar-refractivity contribution is 5.78. The third-order valence-electron chi connectivity index (χ3n) is 3.18. The second-order valence-corrected chi connectivity index (χ2v) is 5.26. The molecule has 100 valence electrons. The summed E-state index contributed by atoms with van der Waals surface area (Å²) in [5.74, 6) is 0.177. The number of hydrogen-bond acceptors (Lipinski definition) is 4. The van der Waals surface area contributed by atoms with E-state index in [1.807, 2.05) is 13.8 Å². The molecule has 2 rings (SSSR count). The van der Waals surface area contributed by atoms with Gasteiger partial charge < -0.3 is 10.1 Å². The Kier molecular flexibility index (Phi) is 3.96. The average Bonchev–Trinajstić information content (AvgIpc) is 2.80. The van der Waals surface area contributed by atoms with Crippen molar-refractivity contribution in [2.24, 2.45) is 5.92 Å². The highest BCUT2D eigenvalue weighted by atomic mass is 16.5. The third-order valence-corrected chi connectivity index (χ3v) is 3.18. The fourth-order valence-corrected chi connectivity index (χ4v) is 2.25. The molecule has 1 saturated heterocycles. The molecule has 2 heterocycles. The van der Waals surface area contributed by atoms with E-state index in [1.165, 1.54) is 0 Å². The van der Waals surface area contributed by atoms with E-state index in [-0.39, 0.29) is 17.4 Å². The summed E-state index contributed by atoms with van der Waals surface area (Å²) in [4.78, 5) is 12.0. The Morgan fingerprint density at radius 3 is 3.11 bits per heavy atom. The summed E-state index contributed by atoms with van der Waals surface area (Å²) < 4.78 is 7.31. The maximum atomic E-state index is 12.0. The van der Waals surface area contributed by atoms with E-state index >= 15 is 0 Å². The lowest BCUT2D eigenvalue weighted by atomic mass is 9.88. The monoisotopic (exact) mass is 252 g/mol. The van der Waals surface area contributed by atoms with Gasteiger partial charge in [-0.1, -0.05) is 5.21 Å². The fourth-order valence-electron chi connectivity index (χ4n) is 2.25. The van der Waals surface area contributed by atoms with Crippen molar-refractivity contribution in [3.8, 4) is 0 Å². The molecule has 0 radical (unpaired) electrons. The van der Waals surface area contributed by atoms with Crippen molar-refractivity contribution in [3.05, 3.63) is 12.4 Å². The van der Waals surface area contributed by atoms with Gasteiger partial charge in [0.2, 0.25) is 5.91 Å². The van der Waals surface area contributed by atoms with E-state index in [2.05, 4.69) is 15.6 Å². The Labute approximate surface area is 107 Å². The van der Waals surface area contributed by atoms with Crippen LogP contribution in [0, 0.1) is 5.92 Å². The molecule has 1 fully saturated rings. The van der Waals surface area contributed by atoms with Crippen LogP contribution in [0.1, 0.15) is 26.7 Å². The van der Waals surface area contributed by atoms with Crippen LogP contribution in [-0.2, 0) is 16.1 Å². The molecule has 1 aromatic heterocycles. The van der Waals surface area contributed by atoms with Crippen molar-refractivity contribution in [3.63, 3.8) is 0 Å². The quantitative estimate of drug-likeness (QED) is 0.852. The van der Waals surface area contributed by atoms with Gasteiger partial charge in [-0.05, 0) is 26.7 Å². The molecule has 0 aromatic carbocycles. The van der Waals surface area contributed by atoms with Gasteiger partial charge in [0.25, 0.3) is 0 Å². The summed E-state index contributed by atoms with van der Waals surface area (Å²) in [5, 5.41) is 10.5. The molecule has 1 aromatic rings. The predicted molar refractivity (Wildman–Crippen MR) is 65.8 cm³/mol. The van der Waals surface area contributed by atoms with Crippen molar-refractivity contribution in [1.29, 1.82) is 0 Å². The van der Waals surface area contributed by atoms with E-state index in [9.17, 15) is 4.79 Å². The van der Waals surface area contributed by atoms with E-state index in [0.29, 0.717) is 19.7 Å². The fraction of sp³-hybridized carbons (Fsp3) is 0.750. The molecule has 6 nitrogen and oxygen atoms in total. The Balaban J connectivity index is 1.74. The topological polar surface area (TPSA) is 69.0 Å². The summed E-state index contributed by atoms with van der Waals surface area (Å²) in [6, 6.07) is 0. The van der Waals surface area contributed by atoms with Crippen molar-refractivity contribution in [2.45, 2.75) is 38.8 Å². The van der Waals surface area contributed by atoms with Crippen molar-refractivity contribution in [1.82, 2.24) is 20.3 Å². The van der Waals surface area contributed by atoms with Gasteiger partial charge in [0.15, 0.2) is 0 Å². The lowest BCUT2D eigenvalue weighted by Gasteiger charge is -2.34. The van der Waals surface area contributed by atoms with Crippen molar-refractivity contribution >= 4 is 5.91 Å². The van der Waals surface area contributed by atoms with E-state index < -0.39 is 0 Å². The van der Waals surface area contributed by atoms with Crippen LogP contribution in [-0.4, -0.2) is 39.7 Å². The third kappa shape index (κ3) is 3.53. The highest BCUT2D eigenvalue weighted by Crippen LogP contribution is 2.28. The molecule has 0 spiro atoms. The minimum atomic E-state index is -0.188. The van der Waals surface area contributed by atoms with E-state index in [0.717, 1.165) is 12.8 Å². The first kappa shape index (κ1) is 13.0. The molecule has 1 atom stereocenters. The van der Waals surface area contributed by atoms with Gasteiger partial charge in [-0.2, -0.15) is 0 Å². The van der Waals surface area contributed by atoms with Gasteiger partial charge in [-0.25, -0.2) is 0 Å². The number of rotatable bonds is 4. The standard InChI is InChI=1S/C12H20N4O2/c1-12(2)9-10(3-8-18-12)11(17)13-4-6-16-7-5-14-15-16/h5,7,10H,3-4,6,8-9H2,1-2H3,(H,13,17)/t10-/m1/s1. The SMILES string of the molecule is CC1(C)C[C@H](C(=O)NCCn2ccnn2)CCO1. The molecule has 0 saturated carbocycles. The Morgan fingerprint density at radius 2 is 2.44 bits per heavy atom. The molecule has 0 bridgehead atoms. The van der Waals surface area contributed by atoms with Gasteiger partial charge in [0.1, 0.15) is 0 Å². The maximum absolute atomic E-state index is 12.0. The number of hydrogen-bond donors (Lipinski definition) is 1. The summed E-state index contributed by atoms with van der Waals surface area (Å²) >= 11 is 0. The zero-order chi connectivity index (χ0) is 13.0. The first-order valence-corrected chi connectivity index (χ1v) is 6.33. The van der Waals surface area contributed by atoms with Crippen molar-refractivity contribution in [2.75, 3.05) is 13.2 Å². The van der Waals surface area contributed by atoms with Gasteiger partial charge in [0.05, 0.1) is 18.3 Å². The van der Waals surface area contributed by atoms with E-state index in [4.69, 9.17) is 4.74 Å². The second kappa shape index (κ2) is 5.48. The molecule has 0 unspecified atom stereocenters. The minimum absolute atomic E-state index is 0.0597. The van der Waals surface area contributed by atoms with Crippen LogP contribution in [0.15, 0.2) is 12.4 Å². The van der Waals surface area contributed by atoms with Crippen LogP contribution in [0.5, 0.6) is 0 Å². The number of aromatic nitrogens is 3. The van der Waals surface area contributed by atoms with Crippen LogP contribution in [0.25, 0.3) is 0 Å². The zero-order valence-corrected chi connectivity index (χ0v) is 10.9. The van der Waals surface area contributed by atoms with Gasteiger partial charge in [-0.15, -0.1) is 5.10 Å². The number of amides is 1. The molecule has 1 aliphatic rings. The number of ether oxygens (including phenoxy) is 1. The number of carbonyl (C=O) groups is 1. The summed E-state index contributed by atoms with van der Waals surface area (Å²) in [6.07, 6.45) is 4.99. The van der Waals surface area contributed by atoms with Crippen LogP contribution in [0.4, 0.5) is 0 Å². The number of nitrogens with zero attached hydrogens (tertiary/aromatic N) is 3. The van der Waals surface area contributed by atoms with E-state index in [1.54, 1.807) is 17.1 Å².